The van der Waals surface area contributed by atoms with Crippen LogP contribution in [0.2, 0.25) is 0 Å². The molecule has 3 atom stereocenters. The zero-order valence-corrected chi connectivity index (χ0v) is 13.4. The molecule has 0 radical (unpaired) electrons. The monoisotopic (exact) mass is 376 g/mol. The smallest absolute Gasteiger partial charge is 0.208 e. The number of hydrogen-bond donors (Lipinski definition) is 0. The molecule has 0 spiro atoms. The number of allylic oxidation sites excluding steroid dienone is 2. The molecule has 0 aromatic carbocycles. The Morgan fingerprint density at radius 2 is 2.11 bits per heavy atom. The second-order valence-corrected chi connectivity index (χ2v) is 8.50. The Hall–Kier alpha value is 0.380. The summed E-state index contributed by atoms with van der Waals surface area (Å²) in [5, 5.41) is 0.114. The van der Waals surface area contributed by atoms with E-state index in [0.29, 0.717) is 5.75 Å². The van der Waals surface area contributed by atoms with Crippen LogP contribution in [0.5, 0.6) is 0 Å². The molecule has 1 saturated heterocycles. The first-order valence-electron chi connectivity index (χ1n) is 5.94. The van der Waals surface area contributed by atoms with Crippen molar-refractivity contribution >= 4 is 39.5 Å². The van der Waals surface area contributed by atoms with Gasteiger partial charge in [0.2, 0.25) is 0 Å². The van der Waals surface area contributed by atoms with Gasteiger partial charge >= 0.3 is 6.18 Å². The van der Waals surface area contributed by atoms with Crippen molar-refractivity contribution in [2.24, 2.45) is 5.92 Å². The quantitative estimate of drug-likeness (QED) is 0.460. The first kappa shape index (κ1) is 15.8. The molecule has 2 bridgehead atoms. The Morgan fingerprint density at radius 3 is 2.47 bits per heavy atom. The molecule has 1 aliphatic carbocycles. The number of alkyl halides is 3. The minimum absolute atomic E-state index is 0.114. The van der Waals surface area contributed by atoms with Crippen LogP contribution in [0.15, 0.2) is 22.5 Å². The molecule has 108 valence electrons. The molecule has 0 aromatic heterocycles. The minimum Gasteiger partial charge on any atom is -0.208 e. The van der Waals surface area contributed by atoms with Crippen LogP contribution in [0.3, 0.4) is 0 Å². The minimum atomic E-state index is -4.67. The molecule has 0 aromatic rings. The van der Waals surface area contributed by atoms with Crippen molar-refractivity contribution in [3.63, 3.8) is 0 Å². The second-order valence-electron chi connectivity index (χ2n) is 4.45. The number of thioether (sulfide) groups is 2. The van der Waals surface area contributed by atoms with Gasteiger partial charge in [-0.2, -0.15) is 13.2 Å². The Labute approximate surface area is 126 Å². The third kappa shape index (κ3) is 2.88. The molecule has 3 rings (SSSR count). The summed E-state index contributed by atoms with van der Waals surface area (Å²) in [6, 6.07) is 0. The lowest BCUT2D eigenvalue weighted by Crippen LogP contribution is -2.41. The highest BCUT2D eigenvalue weighted by atomic mass is 79.9. The van der Waals surface area contributed by atoms with E-state index in [1.54, 1.807) is 0 Å². The van der Waals surface area contributed by atoms with Crippen LogP contribution in [0.25, 0.3) is 0 Å². The maximum Gasteiger partial charge on any atom is 0.425 e. The first-order valence-corrected chi connectivity index (χ1v) is 8.60. The van der Waals surface area contributed by atoms with Crippen LogP contribution >= 0.6 is 39.5 Å². The van der Waals surface area contributed by atoms with Crippen molar-refractivity contribution in [2.45, 2.75) is 35.3 Å². The summed E-state index contributed by atoms with van der Waals surface area (Å²) < 4.78 is 50.3. The summed E-state index contributed by atoms with van der Waals surface area (Å²) in [4.78, 5) is 0. The summed E-state index contributed by atoms with van der Waals surface area (Å²) in [7, 11) is 0. The van der Waals surface area contributed by atoms with E-state index in [9.17, 15) is 17.6 Å². The topological polar surface area (TPSA) is 0 Å². The van der Waals surface area contributed by atoms with Gasteiger partial charge in [-0.25, -0.2) is 4.39 Å². The molecule has 2 aliphatic heterocycles. The van der Waals surface area contributed by atoms with Gasteiger partial charge in [0.15, 0.2) is 0 Å². The Morgan fingerprint density at radius 1 is 1.42 bits per heavy atom. The average Bonchev–Trinajstić information content (AvgIpc) is 2.37. The van der Waals surface area contributed by atoms with Gasteiger partial charge in [0.25, 0.3) is 0 Å². The second kappa shape index (κ2) is 5.64. The molecule has 3 aliphatic rings. The van der Waals surface area contributed by atoms with Gasteiger partial charge in [-0.15, -0.1) is 23.5 Å². The maximum absolute atomic E-state index is 14.5. The van der Waals surface area contributed by atoms with E-state index in [4.69, 9.17) is 0 Å². The fraction of sp³-hybridized carbons (Fsp3) is 0.667. The van der Waals surface area contributed by atoms with E-state index < -0.39 is 20.6 Å². The van der Waals surface area contributed by atoms with Crippen LogP contribution in [-0.4, -0.2) is 21.3 Å². The fourth-order valence-electron chi connectivity index (χ4n) is 2.43. The molecular weight excluding hydrogens is 364 g/mol. The van der Waals surface area contributed by atoms with Crippen LogP contribution in [0.1, 0.15) is 19.8 Å². The van der Waals surface area contributed by atoms with E-state index in [-0.39, 0.29) is 11.2 Å². The van der Waals surface area contributed by atoms with Crippen molar-refractivity contribution in [1.29, 1.82) is 0 Å². The highest BCUT2D eigenvalue weighted by Crippen LogP contribution is 2.61. The molecule has 0 amide bonds. The van der Waals surface area contributed by atoms with E-state index >= 15 is 0 Å². The summed E-state index contributed by atoms with van der Waals surface area (Å²) in [5.41, 5.74) is 0. The summed E-state index contributed by atoms with van der Waals surface area (Å²) in [6.45, 7) is 1.84. The molecule has 0 N–H and O–H groups in total. The van der Waals surface area contributed by atoms with Crippen molar-refractivity contribution in [3.8, 4) is 0 Å². The zero-order chi connectivity index (χ0) is 14.3. The number of fused-ring (bicyclic) bond motifs is 2. The van der Waals surface area contributed by atoms with Crippen molar-refractivity contribution in [2.75, 3.05) is 5.75 Å². The average molecular weight is 377 g/mol. The molecule has 3 unspecified atom stereocenters. The van der Waals surface area contributed by atoms with Crippen LogP contribution in [0.4, 0.5) is 17.6 Å². The Balaban J connectivity index is 2.44. The standard InChI is InChI=1S/C12H13BrF4S2/c1-2-18-11(10(14)9(13)12(15,16)17)7-3-5-8(19-11)6-4-7/h3,5,7-8H,2,4,6H2,1H3/b10-9+. The molecule has 2 heterocycles. The number of hydrogen-bond acceptors (Lipinski definition) is 2. The maximum atomic E-state index is 14.5. The molecule has 19 heavy (non-hydrogen) atoms. The third-order valence-corrected chi connectivity index (χ3v) is 7.41. The molecule has 1 fully saturated rings. The van der Waals surface area contributed by atoms with E-state index in [1.807, 2.05) is 19.1 Å². The van der Waals surface area contributed by atoms with E-state index in [1.165, 1.54) is 23.5 Å². The SMILES string of the molecule is CCSC1(/C(F)=C(\Br)C(F)(F)F)SC2C=CC1CC2. The normalized spacial score (nSPS) is 35.5. The van der Waals surface area contributed by atoms with Crippen molar-refractivity contribution in [1.82, 2.24) is 0 Å². The molecule has 7 heteroatoms. The van der Waals surface area contributed by atoms with Crippen LogP contribution < -0.4 is 0 Å². The van der Waals surface area contributed by atoms with Crippen molar-refractivity contribution in [3.05, 3.63) is 22.5 Å². The summed E-state index contributed by atoms with van der Waals surface area (Å²) in [5.74, 6) is -0.673. The Bertz CT molecular complexity index is 418. The van der Waals surface area contributed by atoms with Gasteiger partial charge in [-0.1, -0.05) is 19.1 Å². The predicted octanol–water partition coefficient (Wildman–Crippen LogP) is 5.66. The lowest BCUT2D eigenvalue weighted by atomic mass is 9.90. The largest absolute Gasteiger partial charge is 0.425 e. The predicted molar refractivity (Wildman–Crippen MR) is 77.2 cm³/mol. The Kier molecular flexibility index (Phi) is 4.68. The summed E-state index contributed by atoms with van der Waals surface area (Å²) >= 11 is 4.99. The summed E-state index contributed by atoms with van der Waals surface area (Å²) in [6.07, 6.45) is 0.847. The van der Waals surface area contributed by atoms with Gasteiger partial charge in [0.1, 0.15) is 14.4 Å². The van der Waals surface area contributed by atoms with Crippen molar-refractivity contribution < 1.29 is 17.6 Å². The molecule has 0 saturated carbocycles. The zero-order valence-electron chi connectivity index (χ0n) is 10.1. The highest BCUT2D eigenvalue weighted by molar-refractivity contribution is 9.11. The van der Waals surface area contributed by atoms with E-state index in [2.05, 4.69) is 15.9 Å². The lowest BCUT2D eigenvalue weighted by molar-refractivity contribution is -0.0848. The molecular formula is C12H13BrF4S2. The number of rotatable bonds is 3. The van der Waals surface area contributed by atoms with Crippen LogP contribution in [0, 0.1) is 5.92 Å². The van der Waals surface area contributed by atoms with Crippen LogP contribution in [-0.2, 0) is 0 Å². The van der Waals surface area contributed by atoms with E-state index in [0.717, 1.165) is 12.8 Å². The van der Waals surface area contributed by atoms with Gasteiger partial charge in [-0.3, -0.25) is 0 Å². The lowest BCUT2D eigenvalue weighted by Gasteiger charge is -2.46. The fourth-order valence-corrected chi connectivity index (χ4v) is 6.52. The van der Waals surface area contributed by atoms with Gasteiger partial charge in [0, 0.05) is 11.2 Å². The third-order valence-electron chi connectivity index (χ3n) is 3.24. The number of halogens is 5. The van der Waals surface area contributed by atoms with Gasteiger partial charge < -0.3 is 0 Å². The van der Waals surface area contributed by atoms with Gasteiger partial charge in [-0.05, 0) is 34.5 Å². The highest BCUT2D eigenvalue weighted by Gasteiger charge is 2.52. The molecule has 0 nitrogen and oxygen atoms in total. The van der Waals surface area contributed by atoms with Gasteiger partial charge in [0.05, 0.1) is 0 Å². The first-order chi connectivity index (χ1) is 8.81.